The van der Waals surface area contributed by atoms with Crippen LogP contribution in [0.5, 0.6) is 5.75 Å². The van der Waals surface area contributed by atoms with E-state index in [2.05, 4.69) is 20.6 Å². The van der Waals surface area contributed by atoms with Crippen molar-refractivity contribution in [2.75, 3.05) is 19.7 Å². The Kier molecular flexibility index (Phi) is 10.7. The number of amides is 1. The van der Waals surface area contributed by atoms with Crippen molar-refractivity contribution in [1.29, 1.82) is 0 Å². The maximum atomic E-state index is 10.8. The van der Waals surface area contributed by atoms with E-state index in [1.807, 2.05) is 62.4 Å². The Bertz CT molecular complexity index is 1030. The fraction of sp³-hybridized carbons (Fsp3) is 0.292. The number of halogens is 1. The van der Waals surface area contributed by atoms with Crippen molar-refractivity contribution in [2.24, 2.45) is 10.7 Å². The molecule has 0 bridgehead atoms. The number of aromatic nitrogens is 1. The number of aryl methyl sites for hydroxylation is 1. The SMILES string of the molecule is CCNC(=NCc1coc(-c2ccc(C)cc2)n1)NCCc1ccc(OCC(N)=O)cc1.I. The Morgan fingerprint density at radius 1 is 1.12 bits per heavy atom. The van der Waals surface area contributed by atoms with Crippen LogP contribution in [0.1, 0.15) is 23.7 Å². The second kappa shape index (κ2) is 13.5. The number of guanidine groups is 1. The highest BCUT2D eigenvalue weighted by molar-refractivity contribution is 14.0. The molecule has 0 radical (unpaired) electrons. The standard InChI is InChI=1S/C24H29N5O3.HI/c1-3-26-24(27-13-12-18-6-10-21(11-7-18)31-16-22(25)30)28-14-20-15-32-23(29-20)19-8-4-17(2)5-9-19;/h4-11,15H,3,12-14,16H2,1-2H3,(H2,25,30)(H2,26,27,28);1H. The van der Waals surface area contributed by atoms with E-state index in [1.54, 1.807) is 6.26 Å². The van der Waals surface area contributed by atoms with Gasteiger partial charge in [-0.1, -0.05) is 29.8 Å². The molecule has 9 heteroatoms. The van der Waals surface area contributed by atoms with Crippen LogP contribution in [0.3, 0.4) is 0 Å². The highest BCUT2D eigenvalue weighted by atomic mass is 127. The molecule has 1 aromatic heterocycles. The number of hydrogen-bond donors (Lipinski definition) is 3. The zero-order chi connectivity index (χ0) is 22.8. The predicted octanol–water partition coefficient (Wildman–Crippen LogP) is 3.43. The van der Waals surface area contributed by atoms with Gasteiger partial charge in [0.1, 0.15) is 17.7 Å². The van der Waals surface area contributed by atoms with Crippen LogP contribution in [0.15, 0.2) is 64.2 Å². The van der Waals surface area contributed by atoms with Crippen LogP contribution < -0.4 is 21.1 Å². The van der Waals surface area contributed by atoms with E-state index >= 15 is 0 Å². The molecule has 0 unspecified atom stereocenters. The first-order valence-corrected chi connectivity index (χ1v) is 10.6. The van der Waals surface area contributed by atoms with E-state index in [0.717, 1.165) is 29.8 Å². The molecular weight excluding hydrogens is 533 g/mol. The zero-order valence-electron chi connectivity index (χ0n) is 18.8. The predicted molar refractivity (Wildman–Crippen MR) is 140 cm³/mol. The van der Waals surface area contributed by atoms with Crippen molar-refractivity contribution in [3.05, 3.63) is 71.6 Å². The molecule has 3 rings (SSSR count). The largest absolute Gasteiger partial charge is 0.484 e. The van der Waals surface area contributed by atoms with E-state index in [9.17, 15) is 4.79 Å². The summed E-state index contributed by atoms with van der Waals surface area (Å²) >= 11 is 0. The molecule has 33 heavy (non-hydrogen) atoms. The summed E-state index contributed by atoms with van der Waals surface area (Å²) in [6.07, 6.45) is 2.45. The number of benzene rings is 2. The Balaban J connectivity index is 0.00000385. The van der Waals surface area contributed by atoms with Gasteiger partial charge in [0.05, 0.1) is 6.54 Å². The molecule has 0 spiro atoms. The zero-order valence-corrected chi connectivity index (χ0v) is 21.2. The molecule has 1 heterocycles. The van der Waals surface area contributed by atoms with Crippen LogP contribution in [-0.4, -0.2) is 36.5 Å². The molecule has 0 saturated carbocycles. The molecule has 0 atom stereocenters. The molecule has 176 valence electrons. The van der Waals surface area contributed by atoms with Crippen LogP contribution in [0.4, 0.5) is 0 Å². The second-order valence-electron chi connectivity index (χ2n) is 7.28. The van der Waals surface area contributed by atoms with Crippen molar-refractivity contribution < 1.29 is 13.9 Å². The normalized spacial score (nSPS) is 10.9. The van der Waals surface area contributed by atoms with Crippen LogP contribution in [-0.2, 0) is 17.8 Å². The third-order valence-electron chi connectivity index (χ3n) is 4.60. The molecule has 0 aliphatic rings. The Hall–Kier alpha value is -3.08. The van der Waals surface area contributed by atoms with Crippen LogP contribution in [0.2, 0.25) is 0 Å². The summed E-state index contributed by atoms with van der Waals surface area (Å²) in [6, 6.07) is 15.6. The number of ether oxygens (including phenoxy) is 1. The van der Waals surface area contributed by atoms with Gasteiger partial charge in [0.25, 0.3) is 5.91 Å². The van der Waals surface area contributed by atoms with E-state index < -0.39 is 5.91 Å². The van der Waals surface area contributed by atoms with E-state index in [1.165, 1.54) is 5.56 Å². The first kappa shape index (κ1) is 26.2. The summed E-state index contributed by atoms with van der Waals surface area (Å²) in [5.74, 6) is 1.43. The first-order valence-electron chi connectivity index (χ1n) is 10.6. The van der Waals surface area contributed by atoms with Gasteiger partial charge in [0, 0.05) is 18.7 Å². The topological polar surface area (TPSA) is 115 Å². The van der Waals surface area contributed by atoms with E-state index in [-0.39, 0.29) is 30.6 Å². The number of carbonyl (C=O) groups is 1. The highest BCUT2D eigenvalue weighted by Crippen LogP contribution is 2.19. The van der Waals surface area contributed by atoms with Gasteiger partial charge >= 0.3 is 0 Å². The van der Waals surface area contributed by atoms with Gasteiger partial charge in [0.2, 0.25) is 5.89 Å². The average molecular weight is 563 g/mol. The van der Waals surface area contributed by atoms with Gasteiger partial charge in [-0.15, -0.1) is 24.0 Å². The van der Waals surface area contributed by atoms with Gasteiger partial charge in [-0.25, -0.2) is 9.98 Å². The number of rotatable bonds is 10. The lowest BCUT2D eigenvalue weighted by Gasteiger charge is -2.11. The monoisotopic (exact) mass is 563 g/mol. The number of carbonyl (C=O) groups excluding carboxylic acids is 1. The Labute approximate surface area is 211 Å². The minimum atomic E-state index is -0.495. The van der Waals surface area contributed by atoms with Crippen LogP contribution in [0.25, 0.3) is 11.5 Å². The van der Waals surface area contributed by atoms with Gasteiger partial charge in [-0.2, -0.15) is 0 Å². The molecule has 4 N–H and O–H groups in total. The number of oxazole rings is 1. The summed E-state index contributed by atoms with van der Waals surface area (Å²) in [6.45, 7) is 5.82. The van der Waals surface area contributed by atoms with Gasteiger partial charge < -0.3 is 25.5 Å². The Morgan fingerprint density at radius 3 is 2.52 bits per heavy atom. The highest BCUT2D eigenvalue weighted by Gasteiger charge is 2.07. The number of primary amides is 1. The molecule has 2 aromatic carbocycles. The summed E-state index contributed by atoms with van der Waals surface area (Å²) < 4.78 is 10.9. The molecule has 0 aliphatic carbocycles. The summed E-state index contributed by atoms with van der Waals surface area (Å²) in [4.78, 5) is 19.9. The Morgan fingerprint density at radius 2 is 1.85 bits per heavy atom. The van der Waals surface area contributed by atoms with E-state index in [0.29, 0.717) is 30.7 Å². The van der Waals surface area contributed by atoms with Crippen molar-refractivity contribution in [3.63, 3.8) is 0 Å². The minimum absolute atomic E-state index is 0. The molecule has 0 saturated heterocycles. The lowest BCUT2D eigenvalue weighted by Crippen LogP contribution is -2.38. The van der Waals surface area contributed by atoms with Crippen LogP contribution in [0, 0.1) is 6.92 Å². The second-order valence-corrected chi connectivity index (χ2v) is 7.28. The van der Waals surface area contributed by atoms with Gasteiger partial charge in [-0.3, -0.25) is 4.79 Å². The molecule has 0 fully saturated rings. The number of hydrogen-bond acceptors (Lipinski definition) is 5. The number of nitrogens with zero attached hydrogens (tertiary/aromatic N) is 2. The first-order chi connectivity index (χ1) is 15.5. The number of nitrogens with one attached hydrogen (secondary N) is 2. The van der Waals surface area contributed by atoms with Crippen molar-refractivity contribution in [2.45, 2.75) is 26.8 Å². The molecule has 0 aliphatic heterocycles. The summed E-state index contributed by atoms with van der Waals surface area (Å²) in [7, 11) is 0. The van der Waals surface area contributed by atoms with E-state index in [4.69, 9.17) is 14.9 Å². The minimum Gasteiger partial charge on any atom is -0.484 e. The maximum Gasteiger partial charge on any atom is 0.255 e. The van der Waals surface area contributed by atoms with Crippen molar-refractivity contribution >= 4 is 35.8 Å². The molecular formula is C24H30IN5O3. The lowest BCUT2D eigenvalue weighted by atomic mass is 10.1. The third kappa shape index (κ3) is 8.76. The molecule has 8 nitrogen and oxygen atoms in total. The van der Waals surface area contributed by atoms with Gasteiger partial charge in [-0.05, 0) is 50.1 Å². The lowest BCUT2D eigenvalue weighted by molar-refractivity contribution is -0.119. The smallest absolute Gasteiger partial charge is 0.255 e. The van der Waals surface area contributed by atoms with Crippen LogP contribution >= 0.6 is 24.0 Å². The molecule has 1 amide bonds. The third-order valence-corrected chi connectivity index (χ3v) is 4.60. The number of nitrogens with two attached hydrogens (primary N) is 1. The van der Waals surface area contributed by atoms with Crippen molar-refractivity contribution in [1.82, 2.24) is 15.6 Å². The fourth-order valence-electron chi connectivity index (χ4n) is 2.94. The maximum absolute atomic E-state index is 10.8. The van der Waals surface area contributed by atoms with Gasteiger partial charge in [0.15, 0.2) is 12.6 Å². The fourth-order valence-corrected chi connectivity index (χ4v) is 2.94. The summed E-state index contributed by atoms with van der Waals surface area (Å²) in [5, 5.41) is 6.56. The summed E-state index contributed by atoms with van der Waals surface area (Å²) in [5.41, 5.74) is 9.13. The number of aliphatic imine (C=N–C) groups is 1. The quantitative estimate of drug-likeness (QED) is 0.198. The average Bonchev–Trinajstić information content (AvgIpc) is 3.26. The molecule has 3 aromatic rings. The van der Waals surface area contributed by atoms with Crippen molar-refractivity contribution in [3.8, 4) is 17.2 Å².